The number of carbonyl (C=O) groups excluding carboxylic acids is 1. The molecule has 0 radical (unpaired) electrons. The van der Waals surface area contributed by atoms with Crippen LogP contribution in [0.4, 0.5) is 11.5 Å². The maximum absolute atomic E-state index is 12.4. The maximum atomic E-state index is 12.4. The van der Waals surface area contributed by atoms with Gasteiger partial charge in [0.2, 0.25) is 5.91 Å². The van der Waals surface area contributed by atoms with Crippen LogP contribution in [0, 0.1) is 0 Å². The number of carbonyl (C=O) groups is 1. The number of nitrogens with zero attached hydrogens (tertiary/aromatic N) is 2. The van der Waals surface area contributed by atoms with Crippen molar-refractivity contribution in [2.24, 2.45) is 0 Å². The third kappa shape index (κ3) is 3.73. The lowest BCUT2D eigenvalue weighted by atomic mass is 10.1. The Kier molecular flexibility index (Phi) is 4.90. The minimum absolute atomic E-state index is 0.0729. The number of aromatic nitrogens is 2. The standard InChI is InChI=1S/C19H20BrN5O/c20-14-3-6-16-17(12-14)23-24-19(16)22-18(26)11-13-1-4-15(5-2-13)25-9-7-21-8-10-25/h1-6,12,21H,7-11H2,(H2,22,23,24,26). The number of rotatable bonds is 4. The molecule has 0 aliphatic carbocycles. The molecule has 1 aliphatic rings. The van der Waals surface area contributed by atoms with Gasteiger partial charge < -0.3 is 15.5 Å². The number of halogens is 1. The highest BCUT2D eigenvalue weighted by Gasteiger charge is 2.12. The van der Waals surface area contributed by atoms with Gasteiger partial charge in [0.25, 0.3) is 0 Å². The molecule has 0 bridgehead atoms. The van der Waals surface area contributed by atoms with Crippen LogP contribution in [0.15, 0.2) is 46.9 Å². The molecule has 6 nitrogen and oxygen atoms in total. The fourth-order valence-corrected chi connectivity index (χ4v) is 3.56. The summed E-state index contributed by atoms with van der Waals surface area (Å²) in [5.74, 6) is 0.492. The third-order valence-corrected chi connectivity index (χ3v) is 5.06. The SMILES string of the molecule is O=C(Cc1ccc(N2CCNCC2)cc1)Nc1n[nH]c2cc(Br)ccc12. The zero-order chi connectivity index (χ0) is 17.9. The molecule has 3 aromatic rings. The van der Waals surface area contributed by atoms with Crippen LogP contribution in [0.25, 0.3) is 10.9 Å². The zero-order valence-electron chi connectivity index (χ0n) is 14.3. The second-order valence-electron chi connectivity index (χ2n) is 6.39. The van der Waals surface area contributed by atoms with E-state index in [4.69, 9.17) is 0 Å². The van der Waals surface area contributed by atoms with Crippen molar-refractivity contribution < 1.29 is 4.79 Å². The lowest BCUT2D eigenvalue weighted by Gasteiger charge is -2.29. The number of aromatic amines is 1. The topological polar surface area (TPSA) is 73.1 Å². The average molecular weight is 414 g/mol. The first kappa shape index (κ1) is 17.1. The smallest absolute Gasteiger partial charge is 0.230 e. The Morgan fingerprint density at radius 3 is 2.69 bits per heavy atom. The van der Waals surface area contributed by atoms with E-state index < -0.39 is 0 Å². The van der Waals surface area contributed by atoms with Crippen LogP contribution in [-0.2, 0) is 11.2 Å². The number of anilines is 2. The minimum atomic E-state index is -0.0729. The number of benzene rings is 2. The van der Waals surface area contributed by atoms with Crippen molar-refractivity contribution in [1.29, 1.82) is 0 Å². The van der Waals surface area contributed by atoms with Gasteiger partial charge in [0.1, 0.15) is 0 Å². The number of fused-ring (bicyclic) bond motifs is 1. The molecule has 4 rings (SSSR count). The van der Waals surface area contributed by atoms with Gasteiger partial charge in [0.15, 0.2) is 5.82 Å². The molecule has 0 saturated carbocycles. The summed E-state index contributed by atoms with van der Waals surface area (Å²) in [6, 6.07) is 14.0. The Balaban J connectivity index is 1.41. The Morgan fingerprint density at radius 1 is 1.15 bits per heavy atom. The van der Waals surface area contributed by atoms with E-state index in [9.17, 15) is 4.79 Å². The molecule has 1 aromatic heterocycles. The largest absolute Gasteiger partial charge is 0.369 e. The van der Waals surface area contributed by atoms with Crippen LogP contribution in [0.1, 0.15) is 5.56 Å². The van der Waals surface area contributed by atoms with Gasteiger partial charge in [-0.2, -0.15) is 5.10 Å². The van der Waals surface area contributed by atoms with Crippen molar-refractivity contribution in [3.05, 3.63) is 52.5 Å². The third-order valence-electron chi connectivity index (χ3n) is 4.57. The van der Waals surface area contributed by atoms with Crippen LogP contribution in [-0.4, -0.2) is 42.3 Å². The first-order valence-electron chi connectivity index (χ1n) is 8.67. The van der Waals surface area contributed by atoms with Crippen molar-refractivity contribution in [1.82, 2.24) is 15.5 Å². The molecular formula is C19H20BrN5O. The molecule has 1 amide bonds. The normalized spacial score (nSPS) is 14.6. The van der Waals surface area contributed by atoms with E-state index in [1.54, 1.807) is 0 Å². The van der Waals surface area contributed by atoms with Crippen molar-refractivity contribution >= 4 is 44.2 Å². The molecule has 26 heavy (non-hydrogen) atoms. The highest BCUT2D eigenvalue weighted by Crippen LogP contribution is 2.24. The number of amides is 1. The van der Waals surface area contributed by atoms with Gasteiger partial charge in [-0.3, -0.25) is 9.89 Å². The molecule has 7 heteroatoms. The van der Waals surface area contributed by atoms with Crippen LogP contribution in [0.5, 0.6) is 0 Å². The molecule has 0 atom stereocenters. The van der Waals surface area contributed by atoms with Gasteiger partial charge in [-0.15, -0.1) is 0 Å². The second kappa shape index (κ2) is 7.47. The average Bonchev–Trinajstić information content (AvgIpc) is 3.04. The van der Waals surface area contributed by atoms with E-state index in [-0.39, 0.29) is 5.91 Å². The van der Waals surface area contributed by atoms with Crippen molar-refractivity contribution in [3.63, 3.8) is 0 Å². The molecular weight excluding hydrogens is 394 g/mol. The van der Waals surface area contributed by atoms with E-state index >= 15 is 0 Å². The Hall–Kier alpha value is -2.38. The lowest BCUT2D eigenvalue weighted by molar-refractivity contribution is -0.115. The van der Waals surface area contributed by atoms with Crippen LogP contribution >= 0.6 is 15.9 Å². The van der Waals surface area contributed by atoms with Gasteiger partial charge in [-0.05, 0) is 35.9 Å². The number of nitrogens with one attached hydrogen (secondary N) is 3. The van der Waals surface area contributed by atoms with Crippen molar-refractivity contribution in [2.45, 2.75) is 6.42 Å². The number of H-pyrrole nitrogens is 1. The predicted molar refractivity (Wildman–Crippen MR) is 108 cm³/mol. The molecule has 0 spiro atoms. The first-order valence-corrected chi connectivity index (χ1v) is 9.46. The monoisotopic (exact) mass is 413 g/mol. The van der Waals surface area contributed by atoms with Crippen LogP contribution in [0.2, 0.25) is 0 Å². The highest BCUT2D eigenvalue weighted by molar-refractivity contribution is 9.10. The molecule has 134 valence electrons. The predicted octanol–water partition coefficient (Wildman–Crippen LogP) is 2.92. The number of piperazine rings is 1. The molecule has 1 aliphatic heterocycles. The summed E-state index contributed by atoms with van der Waals surface area (Å²) >= 11 is 3.43. The summed E-state index contributed by atoms with van der Waals surface area (Å²) in [4.78, 5) is 14.7. The molecule has 1 saturated heterocycles. The summed E-state index contributed by atoms with van der Waals surface area (Å²) in [6.07, 6.45) is 0.326. The summed E-state index contributed by atoms with van der Waals surface area (Å²) in [5.41, 5.74) is 3.08. The summed E-state index contributed by atoms with van der Waals surface area (Å²) in [6.45, 7) is 4.06. The fourth-order valence-electron chi connectivity index (χ4n) is 3.20. The minimum Gasteiger partial charge on any atom is -0.369 e. The molecule has 2 aromatic carbocycles. The van der Waals surface area contributed by atoms with Gasteiger partial charge >= 0.3 is 0 Å². The molecule has 2 heterocycles. The highest BCUT2D eigenvalue weighted by atomic mass is 79.9. The zero-order valence-corrected chi connectivity index (χ0v) is 15.8. The first-order chi connectivity index (χ1) is 12.7. The quantitative estimate of drug-likeness (QED) is 0.614. The van der Waals surface area contributed by atoms with E-state index in [0.29, 0.717) is 12.2 Å². The number of hydrogen-bond acceptors (Lipinski definition) is 4. The Morgan fingerprint density at radius 2 is 1.92 bits per heavy atom. The van der Waals surface area contributed by atoms with Gasteiger partial charge in [0, 0.05) is 41.7 Å². The fraction of sp³-hybridized carbons (Fsp3) is 0.263. The second-order valence-corrected chi connectivity index (χ2v) is 7.31. The molecule has 0 unspecified atom stereocenters. The van der Waals surface area contributed by atoms with E-state index in [1.807, 2.05) is 30.3 Å². The van der Waals surface area contributed by atoms with E-state index in [0.717, 1.165) is 47.1 Å². The maximum Gasteiger partial charge on any atom is 0.230 e. The van der Waals surface area contributed by atoms with Crippen LogP contribution in [0.3, 0.4) is 0 Å². The summed E-state index contributed by atoms with van der Waals surface area (Å²) < 4.78 is 0.969. The van der Waals surface area contributed by atoms with E-state index in [2.05, 4.69) is 53.8 Å². The summed E-state index contributed by atoms with van der Waals surface area (Å²) in [5, 5.41) is 14.3. The number of hydrogen-bond donors (Lipinski definition) is 3. The van der Waals surface area contributed by atoms with Gasteiger partial charge in [-0.25, -0.2) is 0 Å². The van der Waals surface area contributed by atoms with E-state index in [1.165, 1.54) is 5.69 Å². The lowest BCUT2D eigenvalue weighted by Crippen LogP contribution is -2.43. The molecule has 3 N–H and O–H groups in total. The van der Waals surface area contributed by atoms with Crippen LogP contribution < -0.4 is 15.5 Å². The van der Waals surface area contributed by atoms with Gasteiger partial charge in [0.05, 0.1) is 11.9 Å². The van der Waals surface area contributed by atoms with Crippen molar-refractivity contribution in [2.75, 3.05) is 36.4 Å². The Bertz CT molecular complexity index is 915. The Labute approximate surface area is 160 Å². The molecule has 1 fully saturated rings. The summed E-state index contributed by atoms with van der Waals surface area (Å²) in [7, 11) is 0. The van der Waals surface area contributed by atoms with Crippen molar-refractivity contribution in [3.8, 4) is 0 Å². The van der Waals surface area contributed by atoms with Gasteiger partial charge in [-0.1, -0.05) is 28.1 Å².